The zero-order valence-corrected chi connectivity index (χ0v) is 14.0. The SMILES string of the molecule is CC(C(=O)N(C)CC(=O)N[C@H](C(=O)O)c1ccccc1)n1cccn1. The van der Waals surface area contributed by atoms with Gasteiger partial charge in [0.15, 0.2) is 6.04 Å². The first kappa shape index (κ1) is 18.2. The maximum atomic E-state index is 12.3. The Kier molecular flexibility index (Phi) is 5.89. The van der Waals surface area contributed by atoms with Gasteiger partial charge in [-0.2, -0.15) is 5.10 Å². The van der Waals surface area contributed by atoms with E-state index in [0.29, 0.717) is 5.56 Å². The van der Waals surface area contributed by atoms with Gasteiger partial charge in [0.05, 0.1) is 6.54 Å². The molecular weight excluding hydrogens is 324 g/mol. The molecule has 2 N–H and O–H groups in total. The second kappa shape index (κ2) is 8.09. The van der Waals surface area contributed by atoms with E-state index in [0.717, 1.165) is 0 Å². The summed E-state index contributed by atoms with van der Waals surface area (Å²) in [4.78, 5) is 37.2. The number of aliphatic carboxylic acids is 1. The highest BCUT2D eigenvalue weighted by Crippen LogP contribution is 2.13. The molecule has 1 aromatic carbocycles. The lowest BCUT2D eigenvalue weighted by molar-refractivity contribution is -0.143. The average Bonchev–Trinajstić information content (AvgIpc) is 3.13. The van der Waals surface area contributed by atoms with Gasteiger partial charge in [0.1, 0.15) is 6.04 Å². The summed E-state index contributed by atoms with van der Waals surface area (Å²) < 4.78 is 1.49. The Morgan fingerprint density at radius 1 is 1.24 bits per heavy atom. The summed E-state index contributed by atoms with van der Waals surface area (Å²) in [5.41, 5.74) is 0.460. The van der Waals surface area contributed by atoms with Crippen LogP contribution in [0.1, 0.15) is 24.6 Å². The van der Waals surface area contributed by atoms with Crippen LogP contribution in [0.4, 0.5) is 0 Å². The van der Waals surface area contributed by atoms with Gasteiger partial charge in [-0.15, -0.1) is 0 Å². The van der Waals surface area contributed by atoms with Gasteiger partial charge in [0, 0.05) is 19.4 Å². The third-order valence-electron chi connectivity index (χ3n) is 3.72. The Balaban J connectivity index is 1.98. The molecule has 25 heavy (non-hydrogen) atoms. The molecular formula is C17H20N4O4. The van der Waals surface area contributed by atoms with Crippen LogP contribution in [0, 0.1) is 0 Å². The second-order valence-corrected chi connectivity index (χ2v) is 5.61. The van der Waals surface area contributed by atoms with E-state index in [1.54, 1.807) is 55.7 Å². The van der Waals surface area contributed by atoms with Crippen molar-refractivity contribution in [2.45, 2.75) is 19.0 Å². The van der Waals surface area contributed by atoms with Crippen molar-refractivity contribution in [3.8, 4) is 0 Å². The van der Waals surface area contributed by atoms with Crippen molar-refractivity contribution in [1.29, 1.82) is 0 Å². The van der Waals surface area contributed by atoms with Crippen molar-refractivity contribution in [1.82, 2.24) is 20.0 Å². The molecule has 8 nitrogen and oxygen atoms in total. The standard InChI is InChI=1S/C17H20N4O4/c1-12(21-10-6-9-18-21)16(23)20(2)11-14(22)19-15(17(24)25)13-7-4-3-5-8-13/h3-10,12,15H,11H2,1-2H3,(H,19,22)(H,24,25)/t12?,15-/m0/s1. The summed E-state index contributed by atoms with van der Waals surface area (Å²) in [5.74, 6) is -2.02. The van der Waals surface area contributed by atoms with Crippen LogP contribution in [0.25, 0.3) is 0 Å². The van der Waals surface area contributed by atoms with Gasteiger partial charge in [-0.05, 0) is 18.6 Å². The Labute approximate surface area is 145 Å². The first-order valence-corrected chi connectivity index (χ1v) is 7.71. The minimum absolute atomic E-state index is 0.249. The summed E-state index contributed by atoms with van der Waals surface area (Å²) in [5, 5.41) is 15.8. The number of carbonyl (C=O) groups excluding carboxylic acids is 2. The number of rotatable bonds is 7. The molecule has 8 heteroatoms. The van der Waals surface area contributed by atoms with E-state index in [1.165, 1.54) is 16.6 Å². The zero-order chi connectivity index (χ0) is 18.4. The molecule has 0 saturated carbocycles. The van der Waals surface area contributed by atoms with Gasteiger partial charge in [-0.1, -0.05) is 30.3 Å². The quantitative estimate of drug-likeness (QED) is 0.775. The number of nitrogens with one attached hydrogen (secondary N) is 1. The van der Waals surface area contributed by atoms with Crippen molar-refractivity contribution in [2.75, 3.05) is 13.6 Å². The first-order chi connectivity index (χ1) is 11.9. The number of hydrogen-bond acceptors (Lipinski definition) is 4. The van der Waals surface area contributed by atoms with E-state index in [-0.39, 0.29) is 12.5 Å². The number of likely N-dealkylation sites (N-methyl/N-ethyl adjacent to an activating group) is 1. The fourth-order valence-electron chi connectivity index (χ4n) is 2.37. The van der Waals surface area contributed by atoms with Crippen LogP contribution < -0.4 is 5.32 Å². The second-order valence-electron chi connectivity index (χ2n) is 5.61. The number of benzene rings is 1. The van der Waals surface area contributed by atoms with Crippen LogP contribution in [0.15, 0.2) is 48.8 Å². The molecule has 1 aromatic heterocycles. The Morgan fingerprint density at radius 3 is 2.48 bits per heavy atom. The maximum Gasteiger partial charge on any atom is 0.330 e. The van der Waals surface area contributed by atoms with Crippen LogP contribution in [0.3, 0.4) is 0 Å². The van der Waals surface area contributed by atoms with Gasteiger partial charge in [-0.3, -0.25) is 14.3 Å². The highest BCUT2D eigenvalue weighted by atomic mass is 16.4. The lowest BCUT2D eigenvalue weighted by atomic mass is 10.1. The lowest BCUT2D eigenvalue weighted by Crippen LogP contribution is -2.43. The summed E-state index contributed by atoms with van der Waals surface area (Å²) >= 11 is 0. The van der Waals surface area contributed by atoms with Gasteiger partial charge in [0.25, 0.3) is 0 Å². The van der Waals surface area contributed by atoms with E-state index in [2.05, 4.69) is 10.4 Å². The van der Waals surface area contributed by atoms with E-state index in [9.17, 15) is 19.5 Å². The molecule has 1 unspecified atom stereocenters. The molecule has 0 spiro atoms. The number of amides is 2. The molecule has 2 aromatic rings. The number of carboxylic acid groups (broad SMARTS) is 1. The number of carboxylic acids is 1. The largest absolute Gasteiger partial charge is 0.479 e. The van der Waals surface area contributed by atoms with Crippen LogP contribution in [-0.2, 0) is 14.4 Å². The Bertz CT molecular complexity index is 730. The smallest absolute Gasteiger partial charge is 0.330 e. The van der Waals surface area contributed by atoms with Crippen molar-refractivity contribution in [2.24, 2.45) is 0 Å². The Morgan fingerprint density at radius 2 is 1.92 bits per heavy atom. The zero-order valence-electron chi connectivity index (χ0n) is 14.0. The number of carbonyl (C=O) groups is 3. The minimum atomic E-state index is -1.17. The molecule has 132 valence electrons. The van der Waals surface area contributed by atoms with Gasteiger partial charge in [0.2, 0.25) is 11.8 Å². The average molecular weight is 344 g/mol. The molecule has 2 rings (SSSR count). The molecule has 2 amide bonds. The highest BCUT2D eigenvalue weighted by molar-refractivity contribution is 5.89. The predicted octanol–water partition coefficient (Wildman–Crippen LogP) is 0.845. The molecule has 0 saturated heterocycles. The van der Waals surface area contributed by atoms with E-state index in [1.807, 2.05) is 0 Å². The van der Waals surface area contributed by atoms with Gasteiger partial charge >= 0.3 is 5.97 Å². The summed E-state index contributed by atoms with van der Waals surface area (Å²) in [7, 11) is 1.49. The molecule has 0 aliphatic carbocycles. The third kappa shape index (κ3) is 4.66. The first-order valence-electron chi connectivity index (χ1n) is 7.71. The number of nitrogens with zero attached hydrogens (tertiary/aromatic N) is 3. The molecule has 0 radical (unpaired) electrons. The fraction of sp³-hybridized carbons (Fsp3) is 0.294. The van der Waals surface area contributed by atoms with Crippen LogP contribution in [0.5, 0.6) is 0 Å². The monoisotopic (exact) mass is 344 g/mol. The summed E-state index contributed by atoms with van der Waals surface area (Å²) in [6, 6.07) is 8.36. The summed E-state index contributed by atoms with van der Waals surface area (Å²) in [6.45, 7) is 1.43. The van der Waals surface area contributed by atoms with E-state index >= 15 is 0 Å². The molecule has 1 heterocycles. The molecule has 0 aliphatic heterocycles. The molecule has 0 bridgehead atoms. The molecule has 2 atom stereocenters. The number of aromatic nitrogens is 2. The van der Waals surface area contributed by atoms with E-state index in [4.69, 9.17) is 0 Å². The van der Waals surface area contributed by atoms with Crippen LogP contribution in [-0.4, -0.2) is 51.2 Å². The Hall–Kier alpha value is -3.16. The van der Waals surface area contributed by atoms with Crippen molar-refractivity contribution in [3.05, 3.63) is 54.4 Å². The van der Waals surface area contributed by atoms with Gasteiger partial charge in [-0.25, -0.2) is 4.79 Å². The third-order valence-corrected chi connectivity index (χ3v) is 3.72. The van der Waals surface area contributed by atoms with Gasteiger partial charge < -0.3 is 15.3 Å². The lowest BCUT2D eigenvalue weighted by Gasteiger charge is -2.22. The molecule has 0 fully saturated rings. The van der Waals surface area contributed by atoms with E-state index < -0.39 is 24.0 Å². The van der Waals surface area contributed by atoms with Crippen LogP contribution >= 0.6 is 0 Å². The fourth-order valence-corrected chi connectivity index (χ4v) is 2.37. The minimum Gasteiger partial charge on any atom is -0.479 e. The van der Waals surface area contributed by atoms with Crippen molar-refractivity contribution >= 4 is 17.8 Å². The van der Waals surface area contributed by atoms with Crippen molar-refractivity contribution < 1.29 is 19.5 Å². The summed E-state index contributed by atoms with van der Waals surface area (Å²) in [6.07, 6.45) is 3.22. The topological polar surface area (TPSA) is 105 Å². The number of hydrogen-bond donors (Lipinski definition) is 2. The normalized spacial score (nSPS) is 12.9. The predicted molar refractivity (Wildman–Crippen MR) is 89.5 cm³/mol. The van der Waals surface area contributed by atoms with Crippen LogP contribution in [0.2, 0.25) is 0 Å². The molecule has 0 aliphatic rings. The maximum absolute atomic E-state index is 12.3. The highest BCUT2D eigenvalue weighted by Gasteiger charge is 2.25. The van der Waals surface area contributed by atoms with Crippen molar-refractivity contribution in [3.63, 3.8) is 0 Å².